The number of hydrogen-bond donors (Lipinski definition) is 1. The van der Waals surface area contributed by atoms with E-state index in [9.17, 15) is 0 Å². The summed E-state index contributed by atoms with van der Waals surface area (Å²) in [6, 6.07) is 2.31. The molecule has 1 aromatic rings. The van der Waals surface area contributed by atoms with Crippen molar-refractivity contribution in [3.63, 3.8) is 0 Å². The molecule has 1 aromatic heterocycles. The standard InChI is InChI=1S/C13H21N3S/c1-9-15-11(8-17-9)7-16-12-3-4-13(16)6-10(5-12)14-2/h8,10,12-14H,3-7H2,1-2H3. The van der Waals surface area contributed by atoms with E-state index in [0.717, 1.165) is 24.7 Å². The zero-order valence-electron chi connectivity index (χ0n) is 10.6. The third-order valence-electron chi connectivity index (χ3n) is 4.30. The van der Waals surface area contributed by atoms with Gasteiger partial charge in [-0.2, -0.15) is 0 Å². The van der Waals surface area contributed by atoms with Gasteiger partial charge in [0, 0.05) is 30.1 Å². The molecular formula is C13H21N3S. The molecule has 17 heavy (non-hydrogen) atoms. The number of thiazole rings is 1. The Labute approximate surface area is 107 Å². The van der Waals surface area contributed by atoms with Gasteiger partial charge < -0.3 is 5.32 Å². The molecule has 2 fully saturated rings. The lowest BCUT2D eigenvalue weighted by Gasteiger charge is -2.38. The molecule has 0 saturated carbocycles. The lowest BCUT2D eigenvalue weighted by Crippen LogP contribution is -2.47. The summed E-state index contributed by atoms with van der Waals surface area (Å²) >= 11 is 1.77. The molecule has 2 aliphatic rings. The van der Waals surface area contributed by atoms with Gasteiger partial charge in [0.2, 0.25) is 0 Å². The maximum absolute atomic E-state index is 4.60. The molecule has 3 heterocycles. The molecule has 94 valence electrons. The van der Waals surface area contributed by atoms with E-state index in [0.29, 0.717) is 0 Å². The van der Waals surface area contributed by atoms with Gasteiger partial charge in [-0.25, -0.2) is 4.98 Å². The Morgan fingerprint density at radius 3 is 2.65 bits per heavy atom. The van der Waals surface area contributed by atoms with E-state index < -0.39 is 0 Å². The minimum atomic E-state index is 0.737. The highest BCUT2D eigenvalue weighted by Crippen LogP contribution is 2.36. The summed E-state index contributed by atoms with van der Waals surface area (Å²) in [7, 11) is 2.10. The zero-order chi connectivity index (χ0) is 11.8. The molecule has 0 aromatic carbocycles. The maximum atomic E-state index is 4.60. The SMILES string of the molecule is CNC1CC2CCC(C1)N2Cc1csc(C)n1. The number of aryl methyl sites for hydroxylation is 1. The largest absolute Gasteiger partial charge is 0.317 e. The topological polar surface area (TPSA) is 28.2 Å². The van der Waals surface area contributed by atoms with Crippen LogP contribution in [0, 0.1) is 6.92 Å². The highest BCUT2D eigenvalue weighted by molar-refractivity contribution is 7.09. The fraction of sp³-hybridized carbons (Fsp3) is 0.769. The Hall–Kier alpha value is -0.450. The fourth-order valence-corrected chi connectivity index (χ4v) is 4.04. The van der Waals surface area contributed by atoms with Crippen LogP contribution < -0.4 is 5.32 Å². The second kappa shape index (κ2) is 4.67. The summed E-state index contributed by atoms with van der Waals surface area (Å²) < 4.78 is 0. The molecule has 2 unspecified atom stereocenters. The first-order chi connectivity index (χ1) is 8.26. The Morgan fingerprint density at radius 1 is 1.41 bits per heavy atom. The van der Waals surface area contributed by atoms with Crippen molar-refractivity contribution in [3.8, 4) is 0 Å². The molecule has 0 amide bonds. The van der Waals surface area contributed by atoms with Crippen molar-refractivity contribution in [1.82, 2.24) is 15.2 Å². The lowest BCUT2D eigenvalue weighted by molar-refractivity contribution is 0.110. The monoisotopic (exact) mass is 251 g/mol. The summed E-state index contributed by atoms with van der Waals surface area (Å²) in [5, 5.41) is 6.87. The molecular weight excluding hydrogens is 230 g/mol. The molecule has 2 atom stereocenters. The Bertz CT molecular complexity index is 376. The Kier molecular flexibility index (Phi) is 3.19. The van der Waals surface area contributed by atoms with Crippen molar-refractivity contribution >= 4 is 11.3 Å². The van der Waals surface area contributed by atoms with E-state index in [2.05, 4.69) is 34.6 Å². The molecule has 2 aliphatic heterocycles. The maximum Gasteiger partial charge on any atom is 0.0897 e. The minimum absolute atomic E-state index is 0.737. The quantitative estimate of drug-likeness (QED) is 0.892. The van der Waals surface area contributed by atoms with Gasteiger partial charge in [-0.05, 0) is 39.7 Å². The number of rotatable bonds is 3. The molecule has 1 N–H and O–H groups in total. The minimum Gasteiger partial charge on any atom is -0.317 e. The van der Waals surface area contributed by atoms with Gasteiger partial charge in [0.25, 0.3) is 0 Å². The number of aromatic nitrogens is 1. The van der Waals surface area contributed by atoms with Crippen molar-refractivity contribution < 1.29 is 0 Å². The smallest absolute Gasteiger partial charge is 0.0897 e. The fourth-order valence-electron chi connectivity index (χ4n) is 3.44. The van der Waals surface area contributed by atoms with Crippen molar-refractivity contribution in [2.75, 3.05) is 7.05 Å². The van der Waals surface area contributed by atoms with Crippen molar-refractivity contribution in [2.24, 2.45) is 0 Å². The first kappa shape index (κ1) is 11.6. The van der Waals surface area contributed by atoms with E-state index in [1.165, 1.54) is 36.4 Å². The average molecular weight is 251 g/mol. The number of piperidine rings is 1. The van der Waals surface area contributed by atoms with Gasteiger partial charge >= 0.3 is 0 Å². The summed E-state index contributed by atoms with van der Waals surface area (Å²) in [4.78, 5) is 7.30. The van der Waals surface area contributed by atoms with Crippen LogP contribution in [0.15, 0.2) is 5.38 Å². The van der Waals surface area contributed by atoms with Crippen LogP contribution in [0.3, 0.4) is 0 Å². The normalized spacial score (nSPS) is 33.2. The van der Waals surface area contributed by atoms with Gasteiger partial charge in [-0.3, -0.25) is 4.90 Å². The number of nitrogens with one attached hydrogen (secondary N) is 1. The van der Waals surface area contributed by atoms with Crippen LogP contribution in [-0.4, -0.2) is 35.1 Å². The number of nitrogens with zero attached hydrogens (tertiary/aromatic N) is 2. The van der Waals surface area contributed by atoms with Gasteiger partial charge in [-0.1, -0.05) is 0 Å². The van der Waals surface area contributed by atoms with Crippen molar-refractivity contribution in [3.05, 3.63) is 16.1 Å². The Balaban J connectivity index is 1.69. The third-order valence-corrected chi connectivity index (χ3v) is 5.13. The van der Waals surface area contributed by atoms with Gasteiger partial charge in [0.1, 0.15) is 0 Å². The third kappa shape index (κ3) is 2.26. The zero-order valence-corrected chi connectivity index (χ0v) is 11.5. The molecule has 0 spiro atoms. The summed E-state index contributed by atoms with van der Waals surface area (Å²) in [5.41, 5.74) is 1.27. The van der Waals surface area contributed by atoms with Crippen LogP contribution in [0.2, 0.25) is 0 Å². The first-order valence-electron chi connectivity index (χ1n) is 6.60. The molecule has 4 heteroatoms. The van der Waals surface area contributed by atoms with Gasteiger partial charge in [0.05, 0.1) is 10.7 Å². The van der Waals surface area contributed by atoms with E-state index in [1.54, 1.807) is 11.3 Å². The highest BCUT2D eigenvalue weighted by atomic mass is 32.1. The van der Waals surface area contributed by atoms with Crippen molar-refractivity contribution in [1.29, 1.82) is 0 Å². The van der Waals surface area contributed by atoms with E-state index >= 15 is 0 Å². The van der Waals surface area contributed by atoms with Crippen molar-refractivity contribution in [2.45, 2.75) is 57.3 Å². The average Bonchev–Trinajstić information content (AvgIpc) is 2.82. The van der Waals surface area contributed by atoms with Gasteiger partial charge in [-0.15, -0.1) is 11.3 Å². The summed E-state index contributed by atoms with van der Waals surface area (Å²) in [5.74, 6) is 0. The predicted molar refractivity (Wildman–Crippen MR) is 71.3 cm³/mol. The summed E-state index contributed by atoms with van der Waals surface area (Å²) in [6.07, 6.45) is 5.39. The summed E-state index contributed by atoms with van der Waals surface area (Å²) in [6.45, 7) is 3.16. The van der Waals surface area contributed by atoms with Crippen LogP contribution >= 0.6 is 11.3 Å². The van der Waals surface area contributed by atoms with E-state index in [1.807, 2.05) is 0 Å². The number of fused-ring (bicyclic) bond motifs is 2. The lowest BCUT2D eigenvalue weighted by atomic mass is 9.97. The van der Waals surface area contributed by atoms with Crippen LogP contribution in [0.25, 0.3) is 0 Å². The second-order valence-corrected chi connectivity index (χ2v) is 6.43. The number of hydrogen-bond acceptors (Lipinski definition) is 4. The molecule has 0 radical (unpaired) electrons. The molecule has 0 aliphatic carbocycles. The van der Waals surface area contributed by atoms with E-state index in [4.69, 9.17) is 0 Å². The van der Waals surface area contributed by atoms with Gasteiger partial charge in [0.15, 0.2) is 0 Å². The van der Waals surface area contributed by atoms with Crippen LogP contribution in [0.5, 0.6) is 0 Å². The van der Waals surface area contributed by atoms with E-state index in [-0.39, 0.29) is 0 Å². The van der Waals surface area contributed by atoms with Crippen LogP contribution in [-0.2, 0) is 6.54 Å². The van der Waals surface area contributed by atoms with Crippen LogP contribution in [0.1, 0.15) is 36.4 Å². The molecule has 2 saturated heterocycles. The molecule has 3 rings (SSSR count). The first-order valence-corrected chi connectivity index (χ1v) is 7.48. The molecule has 3 nitrogen and oxygen atoms in total. The second-order valence-electron chi connectivity index (χ2n) is 5.37. The Morgan fingerprint density at radius 2 is 2.12 bits per heavy atom. The highest BCUT2D eigenvalue weighted by Gasteiger charge is 2.40. The van der Waals surface area contributed by atoms with Crippen LogP contribution in [0.4, 0.5) is 0 Å². The molecule has 2 bridgehead atoms. The predicted octanol–water partition coefficient (Wildman–Crippen LogP) is 2.17.